The van der Waals surface area contributed by atoms with E-state index in [4.69, 9.17) is 28.2 Å². The van der Waals surface area contributed by atoms with E-state index < -0.39 is 12.0 Å². The Morgan fingerprint density at radius 1 is 1.11 bits per heavy atom. The van der Waals surface area contributed by atoms with Gasteiger partial charge < -0.3 is 5.11 Å². The minimum Gasteiger partial charge on any atom is -0.480 e. The van der Waals surface area contributed by atoms with E-state index in [1.165, 1.54) is 0 Å². The molecule has 4 rings (SSSR count). The summed E-state index contributed by atoms with van der Waals surface area (Å²) in [6, 6.07) is 16.5. The summed E-state index contributed by atoms with van der Waals surface area (Å²) in [5, 5.41) is 11.7. The zero-order valence-corrected chi connectivity index (χ0v) is 16.0. The van der Waals surface area contributed by atoms with Crippen LogP contribution in [0.1, 0.15) is 30.1 Å². The lowest BCUT2D eigenvalue weighted by Crippen LogP contribution is -2.39. The highest BCUT2D eigenvalue weighted by molar-refractivity contribution is 6.42. The van der Waals surface area contributed by atoms with Crippen molar-refractivity contribution in [3.05, 3.63) is 75.9 Å². The van der Waals surface area contributed by atoms with Gasteiger partial charge in [-0.25, -0.2) is 0 Å². The van der Waals surface area contributed by atoms with Crippen LogP contribution in [0.2, 0.25) is 10.0 Å². The second-order valence-corrected chi connectivity index (χ2v) is 7.55. The molecule has 0 bridgehead atoms. The Kier molecular flexibility index (Phi) is 5.04. The average molecular weight is 401 g/mol. The molecule has 0 aliphatic carbocycles. The summed E-state index contributed by atoms with van der Waals surface area (Å²) in [6.45, 7) is 0.691. The van der Waals surface area contributed by atoms with Crippen molar-refractivity contribution >= 4 is 40.1 Å². The van der Waals surface area contributed by atoms with Gasteiger partial charge in [-0.05, 0) is 42.7 Å². The van der Waals surface area contributed by atoms with Crippen molar-refractivity contribution in [3.8, 4) is 0 Å². The highest BCUT2D eigenvalue weighted by Gasteiger charge is 2.37. The molecule has 1 aliphatic rings. The number of aliphatic carboxylic acids is 1. The molecule has 1 aliphatic heterocycles. The summed E-state index contributed by atoms with van der Waals surface area (Å²) in [7, 11) is 0. The topological polar surface area (TPSA) is 53.4 Å². The van der Waals surface area contributed by atoms with Crippen LogP contribution >= 0.6 is 23.2 Å². The lowest BCUT2D eigenvalue weighted by atomic mass is 9.99. The molecule has 1 fully saturated rings. The minimum atomic E-state index is -0.807. The Morgan fingerprint density at radius 2 is 1.93 bits per heavy atom. The van der Waals surface area contributed by atoms with Crippen LogP contribution in [0.3, 0.4) is 0 Å². The molecule has 1 aromatic heterocycles. The molecule has 6 heteroatoms. The Hall–Kier alpha value is -2.14. The molecule has 138 valence electrons. The number of rotatable bonds is 4. The SMILES string of the molecule is O=C(O)C1CCCN1C(c1ccc(Cl)c(Cl)c1)c1ccc2ccccc2n1. The summed E-state index contributed by atoms with van der Waals surface area (Å²) in [4.78, 5) is 18.6. The predicted octanol–water partition coefficient (Wildman–Crippen LogP) is 5.18. The van der Waals surface area contributed by atoms with Crippen LogP contribution in [-0.4, -0.2) is 33.5 Å². The number of hydrogen-bond donors (Lipinski definition) is 1. The van der Waals surface area contributed by atoms with Crippen molar-refractivity contribution in [1.29, 1.82) is 0 Å². The number of carbonyl (C=O) groups is 1. The summed E-state index contributed by atoms with van der Waals surface area (Å²) in [5.41, 5.74) is 2.58. The van der Waals surface area contributed by atoms with Crippen LogP contribution in [0, 0.1) is 0 Å². The number of aromatic nitrogens is 1. The third-order valence-electron chi connectivity index (χ3n) is 5.07. The standard InChI is InChI=1S/C21H18Cl2N2O2/c22-15-9-7-14(12-16(15)23)20(25-11-3-6-19(25)21(26)27)18-10-8-13-4-1-2-5-17(13)24-18/h1-2,4-5,7-10,12,19-20H,3,6,11H2,(H,26,27). The van der Waals surface area contributed by atoms with Crippen LogP contribution in [0.15, 0.2) is 54.6 Å². The van der Waals surface area contributed by atoms with Gasteiger partial charge in [0.15, 0.2) is 0 Å². The second-order valence-electron chi connectivity index (χ2n) is 6.74. The Balaban J connectivity index is 1.86. The number of fused-ring (bicyclic) bond motifs is 1. The summed E-state index contributed by atoms with van der Waals surface area (Å²) >= 11 is 12.4. The maximum Gasteiger partial charge on any atom is 0.320 e. The number of para-hydroxylation sites is 1. The first kappa shape index (κ1) is 18.2. The first-order valence-electron chi connectivity index (χ1n) is 8.84. The molecule has 0 radical (unpaired) electrons. The number of nitrogens with zero attached hydrogens (tertiary/aromatic N) is 2. The quantitative estimate of drug-likeness (QED) is 0.655. The van der Waals surface area contributed by atoms with E-state index in [1.807, 2.05) is 53.4 Å². The second kappa shape index (κ2) is 7.47. The zero-order valence-electron chi connectivity index (χ0n) is 14.5. The lowest BCUT2D eigenvalue weighted by molar-refractivity contribution is -0.142. The fourth-order valence-electron chi connectivity index (χ4n) is 3.81. The molecular formula is C21H18Cl2N2O2. The van der Waals surface area contributed by atoms with Gasteiger partial charge in [0, 0.05) is 11.9 Å². The van der Waals surface area contributed by atoms with Crippen molar-refractivity contribution in [2.24, 2.45) is 0 Å². The average Bonchev–Trinajstić information content (AvgIpc) is 3.14. The van der Waals surface area contributed by atoms with Gasteiger partial charge in [-0.15, -0.1) is 0 Å². The summed E-state index contributed by atoms with van der Waals surface area (Å²) in [6.07, 6.45) is 1.46. The molecule has 0 saturated carbocycles. The van der Waals surface area contributed by atoms with E-state index in [0.717, 1.165) is 28.6 Å². The van der Waals surface area contributed by atoms with Gasteiger partial charge in [0.05, 0.1) is 27.3 Å². The monoisotopic (exact) mass is 400 g/mol. The highest BCUT2D eigenvalue weighted by Crippen LogP contribution is 2.37. The van der Waals surface area contributed by atoms with E-state index in [-0.39, 0.29) is 6.04 Å². The van der Waals surface area contributed by atoms with Crippen molar-refractivity contribution in [2.75, 3.05) is 6.54 Å². The molecule has 3 aromatic rings. The van der Waals surface area contributed by atoms with Gasteiger partial charge in [0.2, 0.25) is 0 Å². The summed E-state index contributed by atoms with van der Waals surface area (Å²) < 4.78 is 0. The third-order valence-corrected chi connectivity index (χ3v) is 5.81. The number of halogens is 2. The van der Waals surface area contributed by atoms with Crippen LogP contribution in [0.4, 0.5) is 0 Å². The lowest BCUT2D eigenvalue weighted by Gasteiger charge is -2.31. The van der Waals surface area contributed by atoms with E-state index in [2.05, 4.69) is 0 Å². The molecule has 27 heavy (non-hydrogen) atoms. The van der Waals surface area contributed by atoms with Gasteiger partial charge in [0.1, 0.15) is 6.04 Å². The molecule has 0 spiro atoms. The molecule has 1 N–H and O–H groups in total. The Bertz CT molecular complexity index is 1010. The Labute approximate surface area is 167 Å². The van der Waals surface area contributed by atoms with Crippen molar-refractivity contribution < 1.29 is 9.90 Å². The van der Waals surface area contributed by atoms with Crippen LogP contribution in [-0.2, 0) is 4.79 Å². The fourth-order valence-corrected chi connectivity index (χ4v) is 4.12. The van der Waals surface area contributed by atoms with Crippen LogP contribution in [0.25, 0.3) is 10.9 Å². The van der Waals surface area contributed by atoms with Crippen molar-refractivity contribution in [2.45, 2.75) is 24.9 Å². The molecule has 2 aromatic carbocycles. The number of carboxylic acid groups (broad SMARTS) is 1. The molecular weight excluding hydrogens is 383 g/mol. The minimum absolute atomic E-state index is 0.298. The van der Waals surface area contributed by atoms with Crippen LogP contribution in [0.5, 0.6) is 0 Å². The zero-order chi connectivity index (χ0) is 19.0. The van der Waals surface area contributed by atoms with Gasteiger partial charge in [-0.3, -0.25) is 14.7 Å². The molecule has 2 heterocycles. The van der Waals surface area contributed by atoms with Crippen molar-refractivity contribution in [1.82, 2.24) is 9.88 Å². The largest absolute Gasteiger partial charge is 0.480 e. The fraction of sp³-hybridized carbons (Fsp3) is 0.238. The first-order chi connectivity index (χ1) is 13.0. The predicted molar refractivity (Wildman–Crippen MR) is 107 cm³/mol. The normalized spacial score (nSPS) is 18.7. The van der Waals surface area contributed by atoms with E-state index >= 15 is 0 Å². The van der Waals surface area contributed by atoms with E-state index in [1.54, 1.807) is 6.07 Å². The van der Waals surface area contributed by atoms with E-state index in [9.17, 15) is 9.90 Å². The third kappa shape index (κ3) is 3.53. The maximum atomic E-state index is 11.8. The van der Waals surface area contributed by atoms with Gasteiger partial charge in [0.25, 0.3) is 0 Å². The molecule has 2 unspecified atom stereocenters. The number of benzene rings is 2. The molecule has 1 saturated heterocycles. The smallest absolute Gasteiger partial charge is 0.320 e. The number of likely N-dealkylation sites (tertiary alicyclic amines) is 1. The maximum absolute atomic E-state index is 11.8. The van der Waals surface area contributed by atoms with E-state index in [0.29, 0.717) is 23.0 Å². The van der Waals surface area contributed by atoms with Crippen molar-refractivity contribution in [3.63, 3.8) is 0 Å². The van der Waals surface area contributed by atoms with Gasteiger partial charge in [-0.2, -0.15) is 0 Å². The summed E-state index contributed by atoms with van der Waals surface area (Å²) in [5.74, 6) is -0.807. The van der Waals surface area contributed by atoms with Gasteiger partial charge in [-0.1, -0.05) is 53.5 Å². The number of carboxylic acids is 1. The highest BCUT2D eigenvalue weighted by atomic mass is 35.5. The molecule has 2 atom stereocenters. The Morgan fingerprint density at radius 3 is 2.70 bits per heavy atom. The molecule has 0 amide bonds. The number of hydrogen-bond acceptors (Lipinski definition) is 3. The number of pyridine rings is 1. The molecule has 4 nitrogen and oxygen atoms in total. The van der Waals surface area contributed by atoms with Crippen LogP contribution < -0.4 is 0 Å². The first-order valence-corrected chi connectivity index (χ1v) is 9.59. The van der Waals surface area contributed by atoms with Gasteiger partial charge >= 0.3 is 5.97 Å².